The molecule has 0 spiro atoms. The molecule has 8 heteroatoms. The number of thiocarbonyl (C=S) groups is 2. The van der Waals surface area contributed by atoms with Crippen LogP contribution in [0, 0.1) is 0 Å². The SMILES string of the molecule is O=C1N(c2ccccc2)C(=S)N(CCN2C(=O)[C@](Cc3ccccc3)(c3ccccc3)N(c3ccccc3)C2=S)[C@]1(Cc1ccccc1)c1ccccc1. The normalized spacial score (nSPS) is 19.9. The molecule has 2 atom stereocenters. The average molecular weight is 743 g/mol. The molecule has 0 bridgehead atoms. The maximum Gasteiger partial charge on any atom is 0.264 e. The molecule has 54 heavy (non-hydrogen) atoms. The van der Waals surface area contributed by atoms with Gasteiger partial charge < -0.3 is 4.90 Å². The third kappa shape index (κ3) is 5.97. The van der Waals surface area contributed by atoms with Gasteiger partial charge in [-0.3, -0.25) is 24.3 Å². The van der Waals surface area contributed by atoms with Gasteiger partial charge in [-0.05, 0) is 71.0 Å². The fourth-order valence-electron chi connectivity index (χ4n) is 8.03. The van der Waals surface area contributed by atoms with Gasteiger partial charge in [0.15, 0.2) is 21.3 Å². The van der Waals surface area contributed by atoms with Gasteiger partial charge in [-0.25, -0.2) is 0 Å². The summed E-state index contributed by atoms with van der Waals surface area (Å²) in [6, 6.07) is 59.3. The molecule has 6 aromatic carbocycles. The Balaban J connectivity index is 1.25. The molecule has 0 N–H and O–H groups in total. The predicted octanol–water partition coefficient (Wildman–Crippen LogP) is 8.53. The van der Waals surface area contributed by atoms with Crippen molar-refractivity contribution in [1.29, 1.82) is 0 Å². The first-order valence-corrected chi connectivity index (χ1v) is 18.9. The summed E-state index contributed by atoms with van der Waals surface area (Å²) in [5, 5.41) is 0.776. The van der Waals surface area contributed by atoms with Crippen molar-refractivity contribution in [3.63, 3.8) is 0 Å². The highest BCUT2D eigenvalue weighted by Gasteiger charge is 2.59. The quantitative estimate of drug-likeness (QED) is 0.124. The van der Waals surface area contributed by atoms with Crippen LogP contribution in [-0.4, -0.2) is 44.9 Å². The van der Waals surface area contributed by atoms with Crippen molar-refractivity contribution >= 4 is 57.8 Å². The summed E-state index contributed by atoms with van der Waals surface area (Å²) in [6.07, 6.45) is 0.767. The lowest BCUT2D eigenvalue weighted by atomic mass is 9.81. The number of benzene rings is 6. The number of carbonyl (C=O) groups excluding carboxylic acids is 2. The fourth-order valence-corrected chi connectivity index (χ4v) is 8.90. The summed E-state index contributed by atoms with van der Waals surface area (Å²) in [5.74, 6) is -0.270. The molecule has 2 fully saturated rings. The van der Waals surface area contributed by atoms with Crippen LogP contribution in [0.1, 0.15) is 22.3 Å². The van der Waals surface area contributed by atoms with Crippen molar-refractivity contribution < 1.29 is 9.59 Å². The van der Waals surface area contributed by atoms with Crippen LogP contribution in [0.5, 0.6) is 0 Å². The van der Waals surface area contributed by atoms with E-state index in [-0.39, 0.29) is 24.9 Å². The molecule has 2 aliphatic rings. The van der Waals surface area contributed by atoms with Crippen molar-refractivity contribution in [3.8, 4) is 0 Å². The summed E-state index contributed by atoms with van der Waals surface area (Å²) < 4.78 is 0. The van der Waals surface area contributed by atoms with Crippen LogP contribution in [0.4, 0.5) is 11.4 Å². The molecule has 266 valence electrons. The van der Waals surface area contributed by atoms with E-state index in [1.807, 2.05) is 180 Å². The van der Waals surface area contributed by atoms with Crippen molar-refractivity contribution in [3.05, 3.63) is 204 Å². The van der Waals surface area contributed by atoms with Crippen molar-refractivity contribution in [2.75, 3.05) is 22.9 Å². The minimum atomic E-state index is -1.19. The molecule has 0 radical (unpaired) electrons. The van der Waals surface area contributed by atoms with Crippen LogP contribution in [0.3, 0.4) is 0 Å². The molecule has 0 unspecified atom stereocenters. The molecule has 6 nitrogen and oxygen atoms in total. The Morgan fingerprint density at radius 3 is 1.33 bits per heavy atom. The molecular formula is C46H38N4O2S2. The van der Waals surface area contributed by atoms with E-state index in [9.17, 15) is 0 Å². The highest BCUT2D eigenvalue weighted by atomic mass is 32.1. The predicted molar refractivity (Wildman–Crippen MR) is 223 cm³/mol. The number of nitrogens with zero attached hydrogens (tertiary/aromatic N) is 4. The van der Waals surface area contributed by atoms with Crippen LogP contribution >= 0.6 is 24.4 Å². The van der Waals surface area contributed by atoms with Gasteiger partial charge in [0.25, 0.3) is 11.8 Å². The molecule has 0 aliphatic carbocycles. The molecule has 2 amide bonds. The van der Waals surface area contributed by atoms with Crippen LogP contribution < -0.4 is 9.80 Å². The van der Waals surface area contributed by atoms with Gasteiger partial charge in [0.2, 0.25) is 0 Å². The minimum absolute atomic E-state index is 0.129. The lowest BCUT2D eigenvalue weighted by Gasteiger charge is -2.38. The lowest BCUT2D eigenvalue weighted by Crippen LogP contribution is -2.52. The van der Waals surface area contributed by atoms with Crippen molar-refractivity contribution in [1.82, 2.24) is 9.80 Å². The molecule has 2 saturated heterocycles. The number of rotatable bonds is 11. The average Bonchev–Trinajstić information content (AvgIpc) is 3.57. The summed E-state index contributed by atoms with van der Waals surface area (Å²) in [7, 11) is 0. The second-order valence-corrected chi connectivity index (χ2v) is 14.3. The number of anilines is 2. The van der Waals surface area contributed by atoms with Crippen molar-refractivity contribution in [2.24, 2.45) is 0 Å². The Labute approximate surface area is 326 Å². The van der Waals surface area contributed by atoms with E-state index in [1.165, 1.54) is 0 Å². The molecular weight excluding hydrogens is 705 g/mol. The Kier molecular flexibility index (Phi) is 9.63. The molecule has 2 aliphatic heterocycles. The highest BCUT2D eigenvalue weighted by Crippen LogP contribution is 2.45. The second kappa shape index (κ2) is 14.8. The number of hydrogen-bond acceptors (Lipinski definition) is 4. The first-order chi connectivity index (χ1) is 26.4. The van der Waals surface area contributed by atoms with E-state index in [0.29, 0.717) is 28.8 Å². The van der Waals surface area contributed by atoms with Gasteiger partial charge in [-0.15, -0.1) is 0 Å². The Morgan fingerprint density at radius 2 is 0.833 bits per heavy atom. The smallest absolute Gasteiger partial charge is 0.264 e. The van der Waals surface area contributed by atoms with Gasteiger partial charge in [0, 0.05) is 31.6 Å². The summed E-state index contributed by atoms with van der Waals surface area (Å²) in [4.78, 5) is 38.0. The summed E-state index contributed by atoms with van der Waals surface area (Å²) in [5.41, 5.74) is 2.82. The van der Waals surface area contributed by atoms with Gasteiger partial charge in [-0.1, -0.05) is 158 Å². The minimum Gasteiger partial charge on any atom is -0.328 e. The van der Waals surface area contributed by atoms with E-state index < -0.39 is 11.1 Å². The van der Waals surface area contributed by atoms with Gasteiger partial charge in [0.05, 0.1) is 5.69 Å². The number of para-hydroxylation sites is 2. The summed E-state index contributed by atoms with van der Waals surface area (Å²) >= 11 is 12.6. The van der Waals surface area contributed by atoms with Crippen LogP contribution in [-0.2, 0) is 33.5 Å². The third-order valence-corrected chi connectivity index (χ3v) is 11.3. The van der Waals surface area contributed by atoms with E-state index in [1.54, 1.807) is 9.80 Å². The monoisotopic (exact) mass is 742 g/mol. The number of carbonyl (C=O) groups is 2. The Bertz CT molecular complexity index is 2280. The number of hydrogen-bond donors (Lipinski definition) is 0. The maximum atomic E-state index is 15.5. The van der Waals surface area contributed by atoms with Gasteiger partial charge >= 0.3 is 0 Å². The van der Waals surface area contributed by atoms with Crippen LogP contribution in [0.15, 0.2) is 182 Å². The molecule has 0 saturated carbocycles. The molecule has 6 aromatic rings. The van der Waals surface area contributed by atoms with Gasteiger partial charge in [0.1, 0.15) is 0 Å². The highest BCUT2D eigenvalue weighted by molar-refractivity contribution is 7.80. The second-order valence-electron chi connectivity index (χ2n) is 13.6. The van der Waals surface area contributed by atoms with Crippen LogP contribution in [0.2, 0.25) is 0 Å². The topological polar surface area (TPSA) is 47.1 Å². The molecule has 0 aromatic heterocycles. The van der Waals surface area contributed by atoms with Crippen molar-refractivity contribution in [2.45, 2.75) is 23.9 Å². The zero-order chi connectivity index (χ0) is 37.1. The van der Waals surface area contributed by atoms with E-state index in [4.69, 9.17) is 24.4 Å². The first kappa shape index (κ1) is 35.1. The van der Waals surface area contributed by atoms with Gasteiger partial charge in [-0.2, -0.15) is 0 Å². The summed E-state index contributed by atoms with van der Waals surface area (Å²) in [6.45, 7) is 0.449. The van der Waals surface area contributed by atoms with Crippen LogP contribution in [0.25, 0.3) is 0 Å². The molecule has 8 rings (SSSR count). The number of amides is 2. The van der Waals surface area contributed by atoms with E-state index in [2.05, 4.69) is 12.1 Å². The molecule has 2 heterocycles. The lowest BCUT2D eigenvalue weighted by molar-refractivity contribution is -0.131. The largest absolute Gasteiger partial charge is 0.328 e. The fraction of sp³-hybridized carbons (Fsp3) is 0.130. The Hall–Kier alpha value is -5.96. The first-order valence-electron chi connectivity index (χ1n) is 18.1. The van der Waals surface area contributed by atoms with E-state index >= 15 is 9.59 Å². The Morgan fingerprint density at radius 1 is 0.426 bits per heavy atom. The zero-order valence-electron chi connectivity index (χ0n) is 29.6. The zero-order valence-corrected chi connectivity index (χ0v) is 31.2. The third-order valence-electron chi connectivity index (χ3n) is 10.5. The standard InChI is InChI=1S/C46H38N4O2S2/c51-41-46(38-25-13-4-14-26-38,34-36-21-9-2-10-22-36)50(40-29-17-6-18-30-40)43(53)47(41)31-32-48-44(54)49(39-27-15-5-16-28-39)42(52)45(48,37-23-11-3-12-24-37)33-35-19-7-1-8-20-35/h1-30H,31-34H2/t45-,46+/m1/s1. The maximum absolute atomic E-state index is 15.5. The van der Waals surface area contributed by atoms with E-state index in [0.717, 1.165) is 27.9 Å².